The molecule has 0 bridgehead atoms. The van der Waals surface area contributed by atoms with Gasteiger partial charge in [-0.25, -0.2) is 9.50 Å². The molecule has 0 radical (unpaired) electrons. The second-order valence-electron chi connectivity index (χ2n) is 10.8. The van der Waals surface area contributed by atoms with Crippen molar-refractivity contribution in [1.82, 2.24) is 35.0 Å². The van der Waals surface area contributed by atoms with Crippen molar-refractivity contribution in [3.05, 3.63) is 47.7 Å². The second kappa shape index (κ2) is 9.39. The summed E-state index contributed by atoms with van der Waals surface area (Å²) in [5.74, 6) is -0.202. The molecule has 0 unspecified atom stereocenters. The van der Waals surface area contributed by atoms with Crippen LogP contribution in [-0.2, 0) is 17.8 Å². The monoisotopic (exact) mass is 529 g/mol. The van der Waals surface area contributed by atoms with E-state index in [1.54, 1.807) is 33.7 Å². The highest BCUT2D eigenvalue weighted by molar-refractivity contribution is 5.92. The fourth-order valence-electron chi connectivity index (χ4n) is 5.86. The number of carbonyl (C=O) groups is 2. The number of halogens is 3. The van der Waals surface area contributed by atoms with E-state index in [1.165, 1.54) is 0 Å². The Morgan fingerprint density at radius 1 is 1.21 bits per heavy atom. The average Bonchev–Trinajstić information content (AvgIpc) is 3.76. The number of nitrogens with zero attached hydrogens (tertiary/aromatic N) is 5. The van der Waals surface area contributed by atoms with Crippen LogP contribution < -0.4 is 10.6 Å². The van der Waals surface area contributed by atoms with E-state index in [4.69, 9.17) is 4.98 Å². The van der Waals surface area contributed by atoms with Gasteiger partial charge in [0.2, 0.25) is 5.91 Å². The Kier molecular flexibility index (Phi) is 6.14. The van der Waals surface area contributed by atoms with Crippen LogP contribution in [0.25, 0.3) is 5.65 Å². The summed E-state index contributed by atoms with van der Waals surface area (Å²) in [7, 11) is 0. The van der Waals surface area contributed by atoms with Crippen LogP contribution in [-0.4, -0.2) is 48.4 Å². The van der Waals surface area contributed by atoms with Gasteiger partial charge in [0.05, 0.1) is 24.1 Å². The molecule has 1 saturated heterocycles. The van der Waals surface area contributed by atoms with E-state index in [-0.39, 0.29) is 30.7 Å². The third-order valence-corrected chi connectivity index (χ3v) is 8.05. The molecule has 9 nitrogen and oxygen atoms in total. The fraction of sp³-hybridized carbons (Fsp3) is 0.577. The van der Waals surface area contributed by atoms with Gasteiger partial charge in [-0.1, -0.05) is 0 Å². The quantitative estimate of drug-likeness (QED) is 0.442. The van der Waals surface area contributed by atoms with Crippen molar-refractivity contribution in [2.45, 2.75) is 70.3 Å². The lowest BCUT2D eigenvalue weighted by molar-refractivity contribution is -0.154. The molecule has 4 heterocycles. The van der Waals surface area contributed by atoms with E-state index >= 15 is 0 Å². The zero-order valence-electron chi connectivity index (χ0n) is 21.0. The highest BCUT2D eigenvalue weighted by Crippen LogP contribution is 2.54. The Morgan fingerprint density at radius 2 is 1.95 bits per heavy atom. The van der Waals surface area contributed by atoms with Gasteiger partial charge < -0.3 is 10.6 Å². The van der Waals surface area contributed by atoms with Crippen LogP contribution in [0.3, 0.4) is 0 Å². The SMILES string of the molecule is CCn1nccc1C(=O)N[C@H](c1cn2ncc(C[C@@H]3C[C@@H](C(F)(F)F)NC3=O)cc2n1)C(C1CC1)C1CC1. The Bertz CT molecular complexity index is 1350. The topological polar surface area (TPSA) is 106 Å². The van der Waals surface area contributed by atoms with Gasteiger partial charge in [0.15, 0.2) is 5.65 Å². The van der Waals surface area contributed by atoms with E-state index in [0.29, 0.717) is 41.0 Å². The summed E-state index contributed by atoms with van der Waals surface area (Å²) in [6, 6.07) is 1.36. The van der Waals surface area contributed by atoms with Crippen LogP contribution in [0.1, 0.15) is 66.8 Å². The molecule has 38 heavy (non-hydrogen) atoms. The summed E-state index contributed by atoms with van der Waals surface area (Å²) in [5.41, 5.74) is 2.39. The minimum absolute atomic E-state index is 0.151. The van der Waals surface area contributed by atoms with Gasteiger partial charge in [0.25, 0.3) is 5.91 Å². The van der Waals surface area contributed by atoms with Crippen molar-refractivity contribution in [1.29, 1.82) is 0 Å². The maximum atomic E-state index is 13.3. The fourth-order valence-corrected chi connectivity index (χ4v) is 5.86. The van der Waals surface area contributed by atoms with Crippen LogP contribution in [0.2, 0.25) is 0 Å². The summed E-state index contributed by atoms with van der Waals surface area (Å²) < 4.78 is 42.5. The molecule has 0 spiro atoms. The van der Waals surface area contributed by atoms with Crippen LogP contribution in [0.4, 0.5) is 13.2 Å². The molecular formula is C26H30F3N7O2. The van der Waals surface area contributed by atoms with Crippen molar-refractivity contribution < 1.29 is 22.8 Å². The number of aryl methyl sites for hydroxylation is 1. The van der Waals surface area contributed by atoms with Crippen molar-refractivity contribution >= 4 is 17.5 Å². The van der Waals surface area contributed by atoms with Crippen molar-refractivity contribution in [2.24, 2.45) is 23.7 Å². The van der Waals surface area contributed by atoms with E-state index in [0.717, 1.165) is 25.7 Å². The minimum atomic E-state index is -4.46. The summed E-state index contributed by atoms with van der Waals surface area (Å²) in [4.78, 5) is 30.3. The van der Waals surface area contributed by atoms with E-state index in [9.17, 15) is 22.8 Å². The average molecular weight is 530 g/mol. The number of carbonyl (C=O) groups excluding carboxylic acids is 2. The first-order chi connectivity index (χ1) is 18.2. The second-order valence-corrected chi connectivity index (χ2v) is 10.8. The first-order valence-corrected chi connectivity index (χ1v) is 13.2. The molecule has 3 atom stereocenters. The molecule has 2 saturated carbocycles. The highest BCUT2D eigenvalue weighted by Gasteiger charge is 2.48. The van der Waals surface area contributed by atoms with Crippen LogP contribution in [0.5, 0.6) is 0 Å². The number of hydrogen-bond donors (Lipinski definition) is 2. The molecule has 202 valence electrons. The van der Waals surface area contributed by atoms with Gasteiger partial charge in [-0.05, 0) is 80.9 Å². The third kappa shape index (κ3) is 4.88. The number of rotatable bonds is 9. The number of alkyl halides is 3. The molecule has 3 aliphatic rings. The van der Waals surface area contributed by atoms with Crippen molar-refractivity contribution in [3.63, 3.8) is 0 Å². The van der Waals surface area contributed by atoms with E-state index < -0.39 is 24.0 Å². The van der Waals surface area contributed by atoms with Crippen molar-refractivity contribution in [3.8, 4) is 0 Å². The molecule has 0 aromatic carbocycles. The molecule has 3 fully saturated rings. The van der Waals surface area contributed by atoms with Crippen LogP contribution >= 0.6 is 0 Å². The molecule has 2 N–H and O–H groups in total. The van der Waals surface area contributed by atoms with Crippen LogP contribution in [0.15, 0.2) is 30.7 Å². The lowest BCUT2D eigenvalue weighted by Crippen LogP contribution is -2.38. The molecule has 3 aromatic heterocycles. The third-order valence-electron chi connectivity index (χ3n) is 8.05. The maximum absolute atomic E-state index is 13.3. The summed E-state index contributed by atoms with van der Waals surface area (Å²) in [5, 5.41) is 14.0. The highest BCUT2D eigenvalue weighted by atomic mass is 19.4. The Labute approximate surface area is 217 Å². The largest absolute Gasteiger partial charge is 0.408 e. The number of hydrogen-bond acceptors (Lipinski definition) is 5. The summed E-state index contributed by atoms with van der Waals surface area (Å²) in [6.07, 6.45) is 4.95. The minimum Gasteiger partial charge on any atom is -0.344 e. The predicted octanol–water partition coefficient (Wildman–Crippen LogP) is 3.46. The smallest absolute Gasteiger partial charge is 0.344 e. The normalized spacial score (nSPS) is 22.7. The number of fused-ring (bicyclic) bond motifs is 1. The number of amides is 2. The molecule has 12 heteroatoms. The maximum Gasteiger partial charge on any atom is 0.408 e. The molecule has 2 aliphatic carbocycles. The van der Waals surface area contributed by atoms with Gasteiger partial charge in [-0.3, -0.25) is 14.3 Å². The molecular weight excluding hydrogens is 499 g/mol. The van der Waals surface area contributed by atoms with Crippen molar-refractivity contribution in [2.75, 3.05) is 0 Å². The molecule has 3 aromatic rings. The lowest BCUT2D eigenvalue weighted by Gasteiger charge is -2.27. The molecule has 6 rings (SSSR count). The van der Waals surface area contributed by atoms with Gasteiger partial charge in [0.1, 0.15) is 11.7 Å². The van der Waals surface area contributed by atoms with E-state index in [2.05, 4.69) is 20.8 Å². The van der Waals surface area contributed by atoms with Gasteiger partial charge >= 0.3 is 6.18 Å². The first kappa shape index (κ1) is 24.9. The van der Waals surface area contributed by atoms with Gasteiger partial charge in [-0.15, -0.1) is 0 Å². The Morgan fingerprint density at radius 3 is 2.58 bits per heavy atom. The van der Waals surface area contributed by atoms with E-state index in [1.807, 2.05) is 13.1 Å². The predicted molar refractivity (Wildman–Crippen MR) is 130 cm³/mol. The zero-order chi connectivity index (χ0) is 26.6. The van der Waals surface area contributed by atoms with Gasteiger partial charge in [-0.2, -0.15) is 23.4 Å². The molecule has 2 amide bonds. The van der Waals surface area contributed by atoms with Gasteiger partial charge in [0, 0.05) is 18.7 Å². The lowest BCUT2D eigenvalue weighted by atomic mass is 9.87. The Balaban J connectivity index is 1.26. The van der Waals surface area contributed by atoms with Crippen LogP contribution in [0, 0.1) is 23.7 Å². The number of imidazole rings is 1. The number of nitrogens with one attached hydrogen (secondary N) is 2. The summed E-state index contributed by atoms with van der Waals surface area (Å²) in [6.45, 7) is 2.52. The zero-order valence-corrected chi connectivity index (χ0v) is 21.0. The number of aromatic nitrogens is 5. The Hall–Kier alpha value is -3.44. The molecule has 1 aliphatic heterocycles. The summed E-state index contributed by atoms with van der Waals surface area (Å²) >= 11 is 0. The standard InChI is InChI=1S/C26H30F3N7O2/c1-2-35-19(7-8-30-35)25(38)34-23(22(15-3-4-15)16-5-6-16)18-13-36-21(32-18)10-14(12-31-36)9-17-11-20(26(27,28)29)33-24(17)37/h7-8,10,12-13,15-17,20,22-23H,2-6,9,11H2,1H3,(H,33,37)(H,34,38)/t17-,20+,23-/m1/s1. The first-order valence-electron chi connectivity index (χ1n) is 13.2.